The third-order valence-electron chi connectivity index (χ3n) is 5.80. The van der Waals surface area contributed by atoms with Crippen LogP contribution in [0.3, 0.4) is 0 Å². The fourth-order valence-electron chi connectivity index (χ4n) is 4.38. The summed E-state index contributed by atoms with van der Waals surface area (Å²) >= 11 is 7.59. The van der Waals surface area contributed by atoms with Gasteiger partial charge >= 0.3 is 0 Å². The summed E-state index contributed by atoms with van der Waals surface area (Å²) in [4.78, 5) is 17.9. The zero-order valence-electron chi connectivity index (χ0n) is 17.7. The molecule has 3 aromatic rings. The molecule has 0 radical (unpaired) electrons. The molecule has 1 aromatic heterocycles. The maximum absolute atomic E-state index is 13.3. The second kappa shape index (κ2) is 8.05. The summed E-state index contributed by atoms with van der Waals surface area (Å²) in [6.45, 7) is 4.22. The Morgan fingerprint density at radius 2 is 2.00 bits per heavy atom. The van der Waals surface area contributed by atoms with Gasteiger partial charge in [0.05, 0.1) is 0 Å². The van der Waals surface area contributed by atoms with Crippen molar-refractivity contribution in [2.45, 2.75) is 43.6 Å². The number of carbonyl (C=O) groups is 1. The van der Waals surface area contributed by atoms with Gasteiger partial charge in [0, 0.05) is 28.5 Å². The lowest BCUT2D eigenvalue weighted by atomic mass is 9.73. The Hall–Kier alpha value is -2.64. The van der Waals surface area contributed by atoms with E-state index in [0.717, 1.165) is 28.8 Å². The lowest BCUT2D eigenvalue weighted by Gasteiger charge is -2.38. The van der Waals surface area contributed by atoms with Crippen molar-refractivity contribution in [2.75, 3.05) is 5.32 Å². The molecule has 164 valence electrons. The van der Waals surface area contributed by atoms with Gasteiger partial charge in [-0.25, -0.2) is 9.07 Å². The Kier molecular flexibility index (Phi) is 5.34. The summed E-state index contributed by atoms with van der Waals surface area (Å²) in [6, 6.07) is 14.0. The van der Waals surface area contributed by atoms with Crippen LogP contribution >= 0.6 is 23.4 Å². The molecular formula is C24H22ClFN4OS. The van der Waals surface area contributed by atoms with Crippen LogP contribution in [-0.2, 0) is 10.5 Å². The van der Waals surface area contributed by atoms with Gasteiger partial charge in [0.15, 0.2) is 5.78 Å². The molecule has 0 saturated carbocycles. The Morgan fingerprint density at radius 3 is 2.75 bits per heavy atom. The molecule has 2 aromatic carbocycles. The second-order valence-electron chi connectivity index (χ2n) is 8.96. The number of thioether (sulfide) groups is 1. The van der Waals surface area contributed by atoms with Crippen LogP contribution < -0.4 is 5.32 Å². The van der Waals surface area contributed by atoms with E-state index in [-0.39, 0.29) is 23.1 Å². The molecule has 1 N–H and O–H groups in total. The number of fused-ring (bicyclic) bond motifs is 1. The van der Waals surface area contributed by atoms with Gasteiger partial charge in [-0.2, -0.15) is 4.98 Å². The first-order chi connectivity index (χ1) is 15.3. The first-order valence-corrected chi connectivity index (χ1v) is 11.8. The van der Waals surface area contributed by atoms with E-state index in [2.05, 4.69) is 19.2 Å². The topological polar surface area (TPSA) is 59.8 Å². The van der Waals surface area contributed by atoms with Crippen LogP contribution in [0.25, 0.3) is 0 Å². The molecule has 1 atom stereocenters. The van der Waals surface area contributed by atoms with Crippen molar-refractivity contribution in [2.24, 2.45) is 5.41 Å². The molecule has 2 heterocycles. The molecule has 5 nitrogen and oxygen atoms in total. The maximum Gasteiger partial charge on any atom is 0.227 e. The number of Topliss-reactive ketones (excluding diaryl/α,β-unsaturated/α-hetero) is 1. The summed E-state index contributed by atoms with van der Waals surface area (Å²) in [7, 11) is 0. The molecule has 0 unspecified atom stereocenters. The molecule has 0 fully saturated rings. The van der Waals surface area contributed by atoms with E-state index >= 15 is 0 Å². The largest absolute Gasteiger partial charge is 0.328 e. The van der Waals surface area contributed by atoms with Crippen molar-refractivity contribution in [3.8, 4) is 0 Å². The van der Waals surface area contributed by atoms with Crippen LogP contribution in [-0.4, -0.2) is 20.5 Å². The molecule has 32 heavy (non-hydrogen) atoms. The second-order valence-corrected chi connectivity index (χ2v) is 10.3. The van der Waals surface area contributed by atoms with Crippen LogP contribution in [0.2, 0.25) is 5.02 Å². The number of nitrogens with one attached hydrogen (secondary N) is 1. The maximum atomic E-state index is 13.3. The Morgan fingerprint density at radius 1 is 1.22 bits per heavy atom. The van der Waals surface area contributed by atoms with E-state index in [1.165, 1.54) is 23.9 Å². The zero-order chi connectivity index (χ0) is 22.5. The summed E-state index contributed by atoms with van der Waals surface area (Å²) in [5.74, 6) is 0.915. The molecule has 1 aliphatic heterocycles. The zero-order valence-corrected chi connectivity index (χ0v) is 19.3. The number of ketones is 1. The third kappa shape index (κ3) is 3.95. The van der Waals surface area contributed by atoms with Gasteiger partial charge < -0.3 is 5.32 Å². The molecule has 0 saturated heterocycles. The summed E-state index contributed by atoms with van der Waals surface area (Å²) < 4.78 is 15.1. The van der Waals surface area contributed by atoms with Gasteiger partial charge in [-0.1, -0.05) is 73.6 Å². The van der Waals surface area contributed by atoms with Gasteiger partial charge in [-0.15, -0.1) is 5.10 Å². The highest BCUT2D eigenvalue weighted by atomic mass is 35.5. The predicted octanol–water partition coefficient (Wildman–Crippen LogP) is 6.02. The fourth-order valence-corrected chi connectivity index (χ4v) is 5.52. The van der Waals surface area contributed by atoms with E-state index in [0.29, 0.717) is 28.3 Å². The van der Waals surface area contributed by atoms with Crippen LogP contribution in [0.4, 0.5) is 10.3 Å². The van der Waals surface area contributed by atoms with Crippen molar-refractivity contribution < 1.29 is 9.18 Å². The lowest BCUT2D eigenvalue weighted by molar-refractivity contribution is -0.118. The van der Waals surface area contributed by atoms with Gasteiger partial charge in [0.2, 0.25) is 11.1 Å². The van der Waals surface area contributed by atoms with Gasteiger partial charge in [0.1, 0.15) is 11.9 Å². The molecule has 2 aliphatic rings. The number of hydrogen-bond acceptors (Lipinski definition) is 5. The van der Waals surface area contributed by atoms with Crippen molar-refractivity contribution in [1.29, 1.82) is 0 Å². The Bertz CT molecular complexity index is 1240. The SMILES string of the molecule is CC1(C)CC(=O)C2=C(C1)Nc1nc(SCc3ccc(F)cc3Cl)nn1[C@H]2c1ccccc1. The number of rotatable bonds is 4. The predicted molar refractivity (Wildman–Crippen MR) is 124 cm³/mol. The summed E-state index contributed by atoms with van der Waals surface area (Å²) in [5.41, 5.74) is 3.40. The third-order valence-corrected chi connectivity index (χ3v) is 7.04. The number of aromatic nitrogens is 3. The van der Waals surface area contributed by atoms with E-state index in [4.69, 9.17) is 21.7 Å². The first-order valence-electron chi connectivity index (χ1n) is 10.4. The number of allylic oxidation sites excluding steroid dienone is 2. The molecule has 5 rings (SSSR count). The molecule has 0 spiro atoms. The number of anilines is 1. The fraction of sp³-hybridized carbons (Fsp3) is 0.292. The van der Waals surface area contributed by atoms with Gasteiger partial charge in [-0.3, -0.25) is 4.79 Å². The van der Waals surface area contributed by atoms with E-state index < -0.39 is 0 Å². The molecule has 8 heteroatoms. The average Bonchev–Trinajstić information content (AvgIpc) is 3.13. The van der Waals surface area contributed by atoms with Crippen molar-refractivity contribution in [1.82, 2.24) is 14.8 Å². The monoisotopic (exact) mass is 468 g/mol. The van der Waals surface area contributed by atoms with E-state index in [9.17, 15) is 9.18 Å². The Balaban J connectivity index is 1.51. The highest BCUT2D eigenvalue weighted by molar-refractivity contribution is 7.98. The minimum Gasteiger partial charge on any atom is -0.328 e. The Labute approximate surface area is 195 Å². The number of halogens is 2. The number of nitrogens with zero attached hydrogens (tertiary/aromatic N) is 3. The van der Waals surface area contributed by atoms with Crippen LogP contribution in [0.1, 0.15) is 43.9 Å². The first kappa shape index (κ1) is 21.2. The van der Waals surface area contributed by atoms with Crippen molar-refractivity contribution in [3.63, 3.8) is 0 Å². The minimum atomic E-state index is -0.363. The molecule has 1 aliphatic carbocycles. The smallest absolute Gasteiger partial charge is 0.227 e. The van der Waals surface area contributed by atoms with Crippen LogP contribution in [0, 0.1) is 11.2 Å². The quantitative estimate of drug-likeness (QED) is 0.474. The van der Waals surface area contributed by atoms with Crippen molar-refractivity contribution >= 4 is 35.1 Å². The summed E-state index contributed by atoms with van der Waals surface area (Å²) in [5, 5.41) is 9.07. The minimum absolute atomic E-state index is 0.108. The van der Waals surface area contributed by atoms with E-state index in [1.807, 2.05) is 30.3 Å². The number of benzene rings is 2. The molecular weight excluding hydrogens is 447 g/mol. The number of hydrogen-bond donors (Lipinski definition) is 1. The van der Waals surface area contributed by atoms with Crippen LogP contribution in [0.5, 0.6) is 0 Å². The highest BCUT2D eigenvalue weighted by Crippen LogP contribution is 2.45. The summed E-state index contributed by atoms with van der Waals surface area (Å²) in [6.07, 6.45) is 1.28. The lowest BCUT2D eigenvalue weighted by Crippen LogP contribution is -2.36. The van der Waals surface area contributed by atoms with Gasteiger partial charge in [-0.05, 0) is 35.1 Å². The molecule has 0 amide bonds. The normalized spacial score (nSPS) is 19.4. The van der Waals surface area contributed by atoms with Gasteiger partial charge in [0.25, 0.3) is 0 Å². The number of carbonyl (C=O) groups excluding carboxylic acids is 1. The van der Waals surface area contributed by atoms with Crippen molar-refractivity contribution in [3.05, 3.63) is 81.8 Å². The van der Waals surface area contributed by atoms with E-state index in [1.54, 1.807) is 10.7 Å². The van der Waals surface area contributed by atoms with Crippen LogP contribution in [0.15, 0.2) is 65.0 Å². The highest BCUT2D eigenvalue weighted by Gasteiger charge is 2.41. The standard InChI is InChI=1S/C24H22ClFN4OS/c1-24(2)11-18-20(19(31)12-24)21(14-6-4-3-5-7-14)30-22(27-18)28-23(29-30)32-13-15-8-9-16(26)10-17(15)25/h3-10,21H,11-13H2,1-2H3,(H,27,28,29)/t21-/m0/s1. The average molecular weight is 469 g/mol. The molecule has 0 bridgehead atoms.